The van der Waals surface area contributed by atoms with Gasteiger partial charge in [-0.25, -0.2) is 0 Å². The summed E-state index contributed by atoms with van der Waals surface area (Å²) in [7, 11) is 3.42. The molecule has 0 spiro atoms. The molecule has 0 aromatic carbocycles. The summed E-state index contributed by atoms with van der Waals surface area (Å²) in [5, 5.41) is 0. The SMILES string of the molecule is CN(C)C(=O)C=CCCCC=CC(N)=O. The van der Waals surface area contributed by atoms with Crippen molar-refractivity contribution in [3.63, 3.8) is 0 Å². The predicted octanol–water partition coefficient (Wildman–Crippen LogP) is 0.843. The minimum absolute atomic E-state index is 0.0114. The Hall–Kier alpha value is -1.58. The summed E-state index contributed by atoms with van der Waals surface area (Å²) < 4.78 is 0. The van der Waals surface area contributed by atoms with E-state index in [-0.39, 0.29) is 5.91 Å². The van der Waals surface area contributed by atoms with E-state index in [1.54, 1.807) is 26.2 Å². The van der Waals surface area contributed by atoms with E-state index in [0.717, 1.165) is 19.3 Å². The molecule has 0 aromatic heterocycles. The number of carbonyl (C=O) groups excluding carboxylic acids is 2. The summed E-state index contributed by atoms with van der Waals surface area (Å²) >= 11 is 0. The van der Waals surface area contributed by atoms with Gasteiger partial charge in [-0.3, -0.25) is 9.59 Å². The van der Waals surface area contributed by atoms with Crippen LogP contribution in [0.3, 0.4) is 0 Å². The molecule has 0 heterocycles. The molecule has 0 rings (SSSR count). The first-order chi connectivity index (χ1) is 7.04. The fourth-order valence-corrected chi connectivity index (χ4v) is 0.886. The Morgan fingerprint density at radius 1 is 1.13 bits per heavy atom. The third-order valence-corrected chi connectivity index (χ3v) is 1.72. The smallest absolute Gasteiger partial charge is 0.245 e. The number of carbonyl (C=O) groups is 2. The zero-order valence-electron chi connectivity index (χ0n) is 9.27. The van der Waals surface area contributed by atoms with E-state index in [9.17, 15) is 9.59 Å². The first-order valence-electron chi connectivity index (χ1n) is 4.88. The summed E-state index contributed by atoms with van der Waals surface area (Å²) in [6.07, 6.45) is 9.00. The van der Waals surface area contributed by atoms with E-state index in [0.29, 0.717) is 0 Å². The maximum absolute atomic E-state index is 11.1. The fraction of sp³-hybridized carbons (Fsp3) is 0.455. The number of likely N-dealkylation sites (N-methyl/N-ethyl adjacent to an activating group) is 1. The molecule has 15 heavy (non-hydrogen) atoms. The Kier molecular flexibility index (Phi) is 6.97. The second-order valence-corrected chi connectivity index (χ2v) is 3.37. The number of nitrogens with two attached hydrogens (primary N) is 1. The van der Waals surface area contributed by atoms with Crippen molar-refractivity contribution >= 4 is 11.8 Å². The highest BCUT2D eigenvalue weighted by Gasteiger charge is 1.94. The highest BCUT2D eigenvalue weighted by atomic mass is 16.2. The molecule has 0 bridgehead atoms. The van der Waals surface area contributed by atoms with Crippen molar-refractivity contribution in [1.29, 1.82) is 0 Å². The Balaban J connectivity index is 3.55. The van der Waals surface area contributed by atoms with E-state index in [2.05, 4.69) is 0 Å². The van der Waals surface area contributed by atoms with Gasteiger partial charge in [-0.05, 0) is 31.4 Å². The molecule has 0 saturated heterocycles. The minimum atomic E-state index is -0.423. The molecule has 4 nitrogen and oxygen atoms in total. The monoisotopic (exact) mass is 210 g/mol. The predicted molar refractivity (Wildman–Crippen MR) is 60.0 cm³/mol. The van der Waals surface area contributed by atoms with Gasteiger partial charge in [-0.2, -0.15) is 0 Å². The molecule has 0 unspecified atom stereocenters. The van der Waals surface area contributed by atoms with E-state index in [4.69, 9.17) is 5.73 Å². The highest BCUT2D eigenvalue weighted by molar-refractivity contribution is 5.87. The summed E-state index contributed by atoms with van der Waals surface area (Å²) in [6.45, 7) is 0. The zero-order chi connectivity index (χ0) is 11.7. The lowest BCUT2D eigenvalue weighted by Gasteiger charge is -2.04. The highest BCUT2D eigenvalue weighted by Crippen LogP contribution is 1.98. The number of allylic oxidation sites excluding steroid dienone is 2. The van der Waals surface area contributed by atoms with Crippen molar-refractivity contribution in [2.75, 3.05) is 14.1 Å². The molecule has 2 amide bonds. The second-order valence-electron chi connectivity index (χ2n) is 3.37. The largest absolute Gasteiger partial charge is 0.366 e. The van der Waals surface area contributed by atoms with Crippen LogP contribution in [-0.2, 0) is 9.59 Å². The van der Waals surface area contributed by atoms with Crippen molar-refractivity contribution in [3.8, 4) is 0 Å². The van der Waals surface area contributed by atoms with E-state index in [1.807, 2.05) is 6.08 Å². The molecule has 0 atom stereocenters. The lowest BCUT2D eigenvalue weighted by atomic mass is 10.2. The van der Waals surface area contributed by atoms with Crippen LogP contribution < -0.4 is 5.73 Å². The van der Waals surface area contributed by atoms with Crippen LogP contribution in [0.15, 0.2) is 24.3 Å². The van der Waals surface area contributed by atoms with Gasteiger partial charge in [0.2, 0.25) is 11.8 Å². The zero-order valence-corrected chi connectivity index (χ0v) is 9.27. The number of primary amides is 1. The average molecular weight is 210 g/mol. The first-order valence-corrected chi connectivity index (χ1v) is 4.88. The van der Waals surface area contributed by atoms with Crippen LogP contribution in [0.25, 0.3) is 0 Å². The van der Waals surface area contributed by atoms with Crippen molar-refractivity contribution in [1.82, 2.24) is 4.90 Å². The minimum Gasteiger partial charge on any atom is -0.366 e. The van der Waals surface area contributed by atoms with Gasteiger partial charge in [0, 0.05) is 14.1 Å². The van der Waals surface area contributed by atoms with Crippen LogP contribution in [0, 0.1) is 0 Å². The Bertz CT molecular complexity index is 268. The molecule has 0 aliphatic carbocycles. The Labute approximate surface area is 90.4 Å². The Morgan fingerprint density at radius 2 is 1.67 bits per heavy atom. The summed E-state index contributed by atoms with van der Waals surface area (Å²) in [6, 6.07) is 0. The molecular weight excluding hydrogens is 192 g/mol. The molecule has 4 heteroatoms. The van der Waals surface area contributed by atoms with Gasteiger partial charge in [-0.15, -0.1) is 0 Å². The summed E-state index contributed by atoms with van der Waals surface area (Å²) in [4.78, 5) is 22.9. The fourth-order valence-electron chi connectivity index (χ4n) is 0.886. The van der Waals surface area contributed by atoms with Gasteiger partial charge in [0.25, 0.3) is 0 Å². The first kappa shape index (κ1) is 13.4. The van der Waals surface area contributed by atoms with E-state index in [1.165, 1.54) is 11.0 Å². The lowest BCUT2D eigenvalue weighted by molar-refractivity contribution is -0.123. The van der Waals surface area contributed by atoms with Gasteiger partial charge in [-0.1, -0.05) is 12.2 Å². The summed E-state index contributed by atoms with van der Waals surface area (Å²) in [5.74, 6) is -0.434. The number of hydrogen-bond acceptors (Lipinski definition) is 2. The molecule has 0 fully saturated rings. The number of nitrogens with zero attached hydrogens (tertiary/aromatic N) is 1. The topological polar surface area (TPSA) is 63.4 Å². The molecule has 0 aliphatic rings. The van der Waals surface area contributed by atoms with Crippen molar-refractivity contribution in [2.45, 2.75) is 19.3 Å². The quantitative estimate of drug-likeness (QED) is 0.521. The van der Waals surface area contributed by atoms with Gasteiger partial charge < -0.3 is 10.6 Å². The van der Waals surface area contributed by atoms with Crippen molar-refractivity contribution in [2.24, 2.45) is 5.73 Å². The van der Waals surface area contributed by atoms with E-state index < -0.39 is 5.91 Å². The maximum atomic E-state index is 11.1. The molecule has 0 radical (unpaired) electrons. The third kappa shape index (κ3) is 8.74. The average Bonchev–Trinajstić information content (AvgIpc) is 2.15. The third-order valence-electron chi connectivity index (χ3n) is 1.72. The van der Waals surface area contributed by atoms with Gasteiger partial charge >= 0.3 is 0 Å². The van der Waals surface area contributed by atoms with Crippen molar-refractivity contribution in [3.05, 3.63) is 24.3 Å². The number of unbranched alkanes of at least 4 members (excludes halogenated alkanes) is 2. The van der Waals surface area contributed by atoms with Crippen molar-refractivity contribution < 1.29 is 9.59 Å². The van der Waals surface area contributed by atoms with Crippen LogP contribution >= 0.6 is 0 Å². The van der Waals surface area contributed by atoms with Crippen LogP contribution in [0.4, 0.5) is 0 Å². The number of hydrogen-bond donors (Lipinski definition) is 1. The Morgan fingerprint density at radius 3 is 2.13 bits per heavy atom. The van der Waals surface area contributed by atoms with E-state index >= 15 is 0 Å². The maximum Gasteiger partial charge on any atom is 0.245 e. The van der Waals surface area contributed by atoms with Crippen LogP contribution in [0.1, 0.15) is 19.3 Å². The van der Waals surface area contributed by atoms with Gasteiger partial charge in [0.1, 0.15) is 0 Å². The van der Waals surface area contributed by atoms with Crippen LogP contribution in [-0.4, -0.2) is 30.8 Å². The number of rotatable bonds is 6. The molecule has 0 aliphatic heterocycles. The second kappa shape index (κ2) is 7.79. The lowest BCUT2D eigenvalue weighted by Crippen LogP contribution is -2.18. The normalized spacial score (nSPS) is 11.1. The molecule has 2 N–H and O–H groups in total. The van der Waals surface area contributed by atoms with Gasteiger partial charge in [0.15, 0.2) is 0 Å². The molecular formula is C11H18N2O2. The van der Waals surface area contributed by atoms with Gasteiger partial charge in [0.05, 0.1) is 0 Å². The van der Waals surface area contributed by atoms with Crippen LogP contribution in [0.2, 0.25) is 0 Å². The summed E-state index contributed by atoms with van der Waals surface area (Å²) in [5.41, 5.74) is 4.92. The number of amides is 2. The standard InChI is InChI=1S/C11H18N2O2/c1-13(2)11(15)9-7-5-3-4-6-8-10(12)14/h6-9H,3-5H2,1-2H3,(H2,12,14). The molecule has 0 saturated carbocycles. The van der Waals surface area contributed by atoms with Crippen LogP contribution in [0.5, 0.6) is 0 Å². The molecule has 84 valence electrons. The molecule has 0 aromatic rings.